The average Bonchev–Trinajstić information content (AvgIpc) is 2.82. The molecule has 106 valence electrons. The predicted octanol–water partition coefficient (Wildman–Crippen LogP) is 2.25. The molecule has 0 unspecified atom stereocenters. The van der Waals surface area contributed by atoms with Crippen LogP contribution in [0.1, 0.15) is 29.2 Å². The zero-order valence-electron chi connectivity index (χ0n) is 12.3. The first kappa shape index (κ1) is 13.3. The van der Waals surface area contributed by atoms with Gasteiger partial charge in [-0.3, -0.25) is 0 Å². The lowest BCUT2D eigenvalue weighted by Gasteiger charge is -2.24. The smallest absolute Gasteiger partial charge is 0.133 e. The van der Waals surface area contributed by atoms with Crippen LogP contribution in [-0.2, 0) is 19.5 Å². The fraction of sp³-hybridized carbons (Fsp3) is 0.500. The summed E-state index contributed by atoms with van der Waals surface area (Å²) in [5.41, 5.74) is 2.75. The Hall–Kier alpha value is -1.68. The molecule has 0 saturated heterocycles. The summed E-state index contributed by atoms with van der Waals surface area (Å²) in [5, 5.41) is 12.0. The summed E-state index contributed by atoms with van der Waals surface area (Å²) < 4.78 is 2.27. The van der Waals surface area contributed by atoms with Gasteiger partial charge < -0.3 is 9.88 Å². The maximum absolute atomic E-state index is 4.22. The van der Waals surface area contributed by atoms with Crippen molar-refractivity contribution in [3.05, 3.63) is 47.0 Å². The van der Waals surface area contributed by atoms with E-state index in [2.05, 4.69) is 51.3 Å². The number of rotatable bonds is 4. The van der Waals surface area contributed by atoms with Crippen LogP contribution in [0.25, 0.3) is 0 Å². The highest BCUT2D eigenvalue weighted by Gasteiger charge is 2.20. The van der Waals surface area contributed by atoms with E-state index in [0.29, 0.717) is 5.92 Å². The normalized spacial score (nSPS) is 18.0. The number of nitrogens with zero attached hydrogens (tertiary/aromatic N) is 3. The Balaban J connectivity index is 1.53. The fourth-order valence-corrected chi connectivity index (χ4v) is 2.92. The van der Waals surface area contributed by atoms with Crippen molar-refractivity contribution in [3.63, 3.8) is 0 Å². The molecule has 0 aliphatic carbocycles. The van der Waals surface area contributed by atoms with Crippen LogP contribution in [0.15, 0.2) is 24.3 Å². The van der Waals surface area contributed by atoms with Gasteiger partial charge in [0.15, 0.2) is 0 Å². The minimum absolute atomic E-state index is 0.682. The van der Waals surface area contributed by atoms with E-state index in [9.17, 15) is 0 Å². The van der Waals surface area contributed by atoms with Gasteiger partial charge in [0.25, 0.3) is 0 Å². The minimum atomic E-state index is 0.682. The highest BCUT2D eigenvalue weighted by Crippen LogP contribution is 2.19. The third-order valence-corrected chi connectivity index (χ3v) is 4.24. The molecule has 20 heavy (non-hydrogen) atoms. The van der Waals surface area contributed by atoms with Crippen molar-refractivity contribution in [2.24, 2.45) is 5.92 Å². The largest absolute Gasteiger partial charge is 0.315 e. The zero-order valence-corrected chi connectivity index (χ0v) is 12.3. The predicted molar refractivity (Wildman–Crippen MR) is 79.5 cm³/mol. The Morgan fingerprint density at radius 3 is 2.95 bits per heavy atom. The lowest BCUT2D eigenvalue weighted by molar-refractivity contribution is 0.344. The second kappa shape index (κ2) is 5.75. The first-order valence-electron chi connectivity index (χ1n) is 7.38. The van der Waals surface area contributed by atoms with Gasteiger partial charge in [-0.25, -0.2) is 0 Å². The summed E-state index contributed by atoms with van der Waals surface area (Å²) in [4.78, 5) is 0. The molecule has 0 bridgehead atoms. The number of nitrogens with one attached hydrogen (secondary N) is 1. The molecule has 0 amide bonds. The number of hydrogen-bond donors (Lipinski definition) is 1. The maximum atomic E-state index is 4.22. The quantitative estimate of drug-likeness (QED) is 0.926. The molecule has 0 radical (unpaired) electrons. The third kappa shape index (κ3) is 2.75. The Morgan fingerprint density at radius 2 is 2.10 bits per heavy atom. The number of aryl methyl sites for hydroxylation is 3. The lowest BCUT2D eigenvalue weighted by Crippen LogP contribution is -2.30. The molecule has 1 aromatic carbocycles. The molecular formula is C16H22N4. The standard InChI is InChI=1S/C16H22N4/c1-12-5-3-4-6-15(12)10-17-9-14-7-8-16-19-18-13(2)20(16)11-14/h3-6,14,17H,7-11H2,1-2H3/t14-/m0/s1. The van der Waals surface area contributed by atoms with Gasteiger partial charge >= 0.3 is 0 Å². The van der Waals surface area contributed by atoms with Crippen molar-refractivity contribution >= 4 is 0 Å². The van der Waals surface area contributed by atoms with E-state index in [1.807, 2.05) is 6.92 Å². The zero-order chi connectivity index (χ0) is 13.9. The minimum Gasteiger partial charge on any atom is -0.315 e. The Morgan fingerprint density at radius 1 is 1.25 bits per heavy atom. The van der Waals surface area contributed by atoms with Gasteiger partial charge in [0.05, 0.1) is 0 Å². The molecule has 0 fully saturated rings. The number of hydrogen-bond acceptors (Lipinski definition) is 3. The molecular weight excluding hydrogens is 248 g/mol. The van der Waals surface area contributed by atoms with Crippen molar-refractivity contribution < 1.29 is 0 Å². The molecule has 1 atom stereocenters. The van der Waals surface area contributed by atoms with Crippen molar-refractivity contribution in [2.75, 3.05) is 6.54 Å². The van der Waals surface area contributed by atoms with Crippen LogP contribution in [0.2, 0.25) is 0 Å². The van der Waals surface area contributed by atoms with Gasteiger partial charge in [0, 0.05) is 19.5 Å². The molecule has 3 rings (SSSR count). The second-order valence-corrected chi connectivity index (χ2v) is 5.74. The summed E-state index contributed by atoms with van der Waals surface area (Å²) >= 11 is 0. The highest BCUT2D eigenvalue weighted by atomic mass is 15.3. The highest BCUT2D eigenvalue weighted by molar-refractivity contribution is 5.25. The molecule has 0 saturated carbocycles. The molecule has 4 nitrogen and oxygen atoms in total. The van der Waals surface area contributed by atoms with E-state index in [-0.39, 0.29) is 0 Å². The van der Waals surface area contributed by atoms with Gasteiger partial charge in [-0.1, -0.05) is 24.3 Å². The molecule has 1 N–H and O–H groups in total. The second-order valence-electron chi connectivity index (χ2n) is 5.74. The first-order chi connectivity index (χ1) is 9.74. The topological polar surface area (TPSA) is 42.7 Å². The van der Waals surface area contributed by atoms with Crippen LogP contribution >= 0.6 is 0 Å². The van der Waals surface area contributed by atoms with Gasteiger partial charge in [0.1, 0.15) is 11.6 Å². The monoisotopic (exact) mass is 270 g/mol. The maximum Gasteiger partial charge on any atom is 0.133 e. The van der Waals surface area contributed by atoms with Crippen LogP contribution in [0.3, 0.4) is 0 Å². The summed E-state index contributed by atoms with van der Waals surface area (Å²) in [5.74, 6) is 2.88. The lowest BCUT2D eigenvalue weighted by atomic mass is 9.99. The van der Waals surface area contributed by atoms with Crippen LogP contribution in [0.5, 0.6) is 0 Å². The molecule has 1 aliphatic rings. The van der Waals surface area contributed by atoms with Crippen LogP contribution in [0.4, 0.5) is 0 Å². The molecule has 1 aromatic heterocycles. The van der Waals surface area contributed by atoms with Gasteiger partial charge in [-0.15, -0.1) is 10.2 Å². The fourth-order valence-electron chi connectivity index (χ4n) is 2.92. The molecule has 0 spiro atoms. The Labute approximate surface area is 120 Å². The molecule has 1 aliphatic heterocycles. The van der Waals surface area contributed by atoms with E-state index < -0.39 is 0 Å². The summed E-state index contributed by atoms with van der Waals surface area (Å²) in [7, 11) is 0. The molecule has 2 heterocycles. The summed E-state index contributed by atoms with van der Waals surface area (Å²) in [6.45, 7) is 7.28. The Kier molecular flexibility index (Phi) is 3.83. The number of benzene rings is 1. The van der Waals surface area contributed by atoms with E-state index >= 15 is 0 Å². The number of fused-ring (bicyclic) bond motifs is 1. The third-order valence-electron chi connectivity index (χ3n) is 4.24. The van der Waals surface area contributed by atoms with Gasteiger partial charge in [-0.05, 0) is 43.9 Å². The van der Waals surface area contributed by atoms with Gasteiger partial charge in [-0.2, -0.15) is 0 Å². The van der Waals surface area contributed by atoms with Crippen molar-refractivity contribution in [3.8, 4) is 0 Å². The SMILES string of the molecule is Cc1ccccc1CNC[C@@H]1CCc2nnc(C)n2C1. The van der Waals surface area contributed by atoms with Crippen LogP contribution in [-0.4, -0.2) is 21.3 Å². The van der Waals surface area contributed by atoms with Crippen LogP contribution < -0.4 is 5.32 Å². The average molecular weight is 270 g/mol. The molecule has 4 heteroatoms. The van der Waals surface area contributed by atoms with Crippen molar-refractivity contribution in [1.29, 1.82) is 0 Å². The van der Waals surface area contributed by atoms with Crippen molar-refractivity contribution in [2.45, 2.75) is 39.8 Å². The van der Waals surface area contributed by atoms with Gasteiger partial charge in [0.2, 0.25) is 0 Å². The van der Waals surface area contributed by atoms with Crippen LogP contribution in [0, 0.1) is 19.8 Å². The van der Waals surface area contributed by atoms with E-state index in [1.165, 1.54) is 17.5 Å². The van der Waals surface area contributed by atoms with E-state index in [0.717, 1.165) is 37.7 Å². The van der Waals surface area contributed by atoms with Crippen molar-refractivity contribution in [1.82, 2.24) is 20.1 Å². The first-order valence-corrected chi connectivity index (χ1v) is 7.38. The molecule has 2 aromatic rings. The summed E-state index contributed by atoms with van der Waals surface area (Å²) in [6.07, 6.45) is 2.26. The Bertz CT molecular complexity index is 588. The van der Waals surface area contributed by atoms with E-state index in [1.54, 1.807) is 0 Å². The van der Waals surface area contributed by atoms with E-state index in [4.69, 9.17) is 0 Å². The number of aromatic nitrogens is 3. The summed E-state index contributed by atoms with van der Waals surface area (Å²) in [6, 6.07) is 8.57.